The first kappa shape index (κ1) is 14.9. The molecule has 0 aromatic heterocycles. The fourth-order valence-electron chi connectivity index (χ4n) is 3.41. The van der Waals surface area contributed by atoms with Crippen LogP contribution < -0.4 is 10.5 Å². The quantitative estimate of drug-likeness (QED) is 0.907. The summed E-state index contributed by atoms with van der Waals surface area (Å²) < 4.78 is 5.20. The predicted molar refractivity (Wildman–Crippen MR) is 87.8 cm³/mol. The standard InChI is InChI=1S/C19H17N3O/c1-23-13-8-6-12(7-9-13)18-15-5-3-2-4-14(15)16(10-20)19(22)17(18)11-21/h4,6-9,15H,2-3,5,22H2,1H3. The van der Waals surface area contributed by atoms with E-state index in [2.05, 4.69) is 18.2 Å². The van der Waals surface area contributed by atoms with Crippen molar-refractivity contribution in [3.8, 4) is 17.9 Å². The van der Waals surface area contributed by atoms with Crippen LogP contribution in [0.25, 0.3) is 5.57 Å². The second kappa shape index (κ2) is 6.02. The highest BCUT2D eigenvalue weighted by atomic mass is 16.5. The second-order valence-electron chi connectivity index (χ2n) is 5.67. The minimum absolute atomic E-state index is 0.0637. The molecule has 3 rings (SSSR count). The Kier molecular flexibility index (Phi) is 3.91. The van der Waals surface area contributed by atoms with E-state index in [1.165, 1.54) is 0 Å². The van der Waals surface area contributed by atoms with Gasteiger partial charge in [-0.15, -0.1) is 0 Å². The van der Waals surface area contributed by atoms with Gasteiger partial charge in [-0.1, -0.05) is 18.2 Å². The molecule has 0 saturated heterocycles. The summed E-state index contributed by atoms with van der Waals surface area (Å²) in [6.45, 7) is 0. The molecule has 1 atom stereocenters. The smallest absolute Gasteiger partial charge is 0.118 e. The molecule has 0 heterocycles. The number of nitrogens with zero attached hydrogens (tertiary/aromatic N) is 2. The van der Waals surface area contributed by atoms with Crippen LogP contribution >= 0.6 is 0 Å². The van der Waals surface area contributed by atoms with Crippen LogP contribution in [0.2, 0.25) is 0 Å². The molecule has 4 heteroatoms. The van der Waals surface area contributed by atoms with Crippen LogP contribution in [0.4, 0.5) is 0 Å². The maximum atomic E-state index is 9.62. The fourth-order valence-corrected chi connectivity index (χ4v) is 3.41. The van der Waals surface area contributed by atoms with E-state index in [9.17, 15) is 10.5 Å². The highest BCUT2D eigenvalue weighted by molar-refractivity contribution is 5.84. The van der Waals surface area contributed by atoms with Gasteiger partial charge in [-0.2, -0.15) is 10.5 Å². The molecule has 2 aliphatic rings. The molecule has 1 aromatic carbocycles. The SMILES string of the molecule is COc1ccc(C2=C(C#N)C(N)=C(C#N)C3=CCCCC32)cc1. The molecule has 0 radical (unpaired) electrons. The minimum atomic E-state index is 0.0637. The number of rotatable bonds is 2. The van der Waals surface area contributed by atoms with Crippen LogP contribution in [-0.2, 0) is 0 Å². The van der Waals surface area contributed by atoms with E-state index < -0.39 is 0 Å². The largest absolute Gasteiger partial charge is 0.497 e. The number of hydrogen-bond donors (Lipinski definition) is 1. The third-order valence-electron chi connectivity index (χ3n) is 4.51. The Morgan fingerprint density at radius 1 is 1.13 bits per heavy atom. The summed E-state index contributed by atoms with van der Waals surface area (Å²) in [5, 5.41) is 19.1. The zero-order valence-corrected chi connectivity index (χ0v) is 13.0. The lowest BCUT2D eigenvalue weighted by Crippen LogP contribution is -2.22. The molecule has 2 N–H and O–H groups in total. The Hall–Kier alpha value is -2.98. The Labute approximate surface area is 135 Å². The summed E-state index contributed by atoms with van der Waals surface area (Å²) in [5.74, 6) is 0.832. The second-order valence-corrected chi connectivity index (χ2v) is 5.67. The van der Waals surface area contributed by atoms with E-state index in [4.69, 9.17) is 10.5 Å². The van der Waals surface area contributed by atoms with Gasteiger partial charge in [0.2, 0.25) is 0 Å². The predicted octanol–water partition coefficient (Wildman–Crippen LogP) is 3.45. The van der Waals surface area contributed by atoms with E-state index in [0.717, 1.165) is 41.7 Å². The monoisotopic (exact) mass is 303 g/mol. The fraction of sp³-hybridized carbons (Fsp3) is 0.263. The highest BCUT2D eigenvalue weighted by Gasteiger charge is 2.34. The third kappa shape index (κ3) is 2.39. The van der Waals surface area contributed by atoms with Crippen molar-refractivity contribution in [1.29, 1.82) is 10.5 Å². The maximum Gasteiger partial charge on any atom is 0.118 e. The number of ether oxygens (including phenoxy) is 1. The molecule has 0 amide bonds. The lowest BCUT2D eigenvalue weighted by molar-refractivity contribution is 0.414. The van der Waals surface area contributed by atoms with E-state index in [1.807, 2.05) is 24.3 Å². The van der Waals surface area contributed by atoms with E-state index in [1.54, 1.807) is 7.11 Å². The average Bonchev–Trinajstić information content (AvgIpc) is 2.61. The molecule has 114 valence electrons. The van der Waals surface area contributed by atoms with E-state index in [-0.39, 0.29) is 5.92 Å². The Bertz CT molecular complexity index is 814. The number of nitrogens with two attached hydrogens (primary N) is 1. The number of benzene rings is 1. The summed E-state index contributed by atoms with van der Waals surface area (Å²) in [6.07, 6.45) is 5.02. The van der Waals surface area contributed by atoms with Gasteiger partial charge in [0.05, 0.1) is 24.0 Å². The molecule has 23 heavy (non-hydrogen) atoms. The summed E-state index contributed by atoms with van der Waals surface area (Å²) in [4.78, 5) is 0. The summed E-state index contributed by atoms with van der Waals surface area (Å²) in [6, 6.07) is 12.1. The van der Waals surface area contributed by atoms with Crippen molar-refractivity contribution < 1.29 is 4.74 Å². The molecule has 1 aromatic rings. The van der Waals surface area contributed by atoms with Gasteiger partial charge in [-0.3, -0.25) is 0 Å². The number of methoxy groups -OCH3 is 1. The lowest BCUT2D eigenvalue weighted by Gasteiger charge is -2.32. The van der Waals surface area contributed by atoms with Crippen molar-refractivity contribution in [2.24, 2.45) is 11.7 Å². The zero-order chi connectivity index (χ0) is 16.4. The van der Waals surface area contributed by atoms with Crippen molar-refractivity contribution in [2.45, 2.75) is 19.3 Å². The normalized spacial score (nSPS) is 20.3. The Morgan fingerprint density at radius 2 is 1.83 bits per heavy atom. The molecule has 2 aliphatic carbocycles. The van der Waals surface area contributed by atoms with Gasteiger partial charge >= 0.3 is 0 Å². The van der Waals surface area contributed by atoms with Gasteiger partial charge in [-0.05, 0) is 48.1 Å². The van der Waals surface area contributed by atoms with Gasteiger partial charge in [-0.25, -0.2) is 0 Å². The molecular weight excluding hydrogens is 286 g/mol. The summed E-state index contributed by atoms with van der Waals surface area (Å²) >= 11 is 0. The molecule has 4 nitrogen and oxygen atoms in total. The van der Waals surface area contributed by atoms with Crippen molar-refractivity contribution in [3.63, 3.8) is 0 Å². The lowest BCUT2D eigenvalue weighted by atomic mass is 9.71. The van der Waals surface area contributed by atoms with Gasteiger partial charge in [0.15, 0.2) is 0 Å². The van der Waals surface area contributed by atoms with Crippen LogP contribution in [0.1, 0.15) is 24.8 Å². The molecule has 0 spiro atoms. The molecule has 0 aliphatic heterocycles. The molecule has 0 bridgehead atoms. The van der Waals surface area contributed by atoms with Crippen molar-refractivity contribution in [1.82, 2.24) is 0 Å². The first-order valence-electron chi connectivity index (χ1n) is 7.60. The van der Waals surface area contributed by atoms with Gasteiger partial charge in [0, 0.05) is 5.92 Å². The molecule has 0 saturated carbocycles. The van der Waals surface area contributed by atoms with Crippen LogP contribution in [0, 0.1) is 28.6 Å². The van der Waals surface area contributed by atoms with E-state index >= 15 is 0 Å². The minimum Gasteiger partial charge on any atom is -0.497 e. The first-order chi connectivity index (χ1) is 11.2. The van der Waals surface area contributed by atoms with Crippen LogP contribution in [0.5, 0.6) is 5.75 Å². The number of allylic oxidation sites excluding steroid dienone is 5. The van der Waals surface area contributed by atoms with E-state index in [0.29, 0.717) is 16.8 Å². The average molecular weight is 303 g/mol. The van der Waals surface area contributed by atoms with Crippen LogP contribution in [-0.4, -0.2) is 7.11 Å². The van der Waals surface area contributed by atoms with Crippen molar-refractivity contribution >= 4 is 5.57 Å². The van der Waals surface area contributed by atoms with Crippen molar-refractivity contribution in [3.05, 3.63) is 58.3 Å². The van der Waals surface area contributed by atoms with Gasteiger partial charge < -0.3 is 10.5 Å². The van der Waals surface area contributed by atoms with Crippen molar-refractivity contribution in [2.75, 3.05) is 7.11 Å². The summed E-state index contributed by atoms with van der Waals surface area (Å²) in [7, 11) is 1.62. The van der Waals surface area contributed by atoms with Crippen LogP contribution in [0.3, 0.4) is 0 Å². The Balaban J connectivity index is 2.23. The summed E-state index contributed by atoms with van der Waals surface area (Å²) in [5.41, 5.74) is 10.2. The number of nitriles is 2. The molecule has 0 fully saturated rings. The van der Waals surface area contributed by atoms with Crippen LogP contribution in [0.15, 0.2) is 52.8 Å². The molecular formula is C19H17N3O. The zero-order valence-electron chi connectivity index (χ0n) is 13.0. The Morgan fingerprint density at radius 3 is 2.43 bits per heavy atom. The molecule has 1 unspecified atom stereocenters. The van der Waals surface area contributed by atoms with Gasteiger partial charge in [0.25, 0.3) is 0 Å². The number of fused-ring (bicyclic) bond motifs is 1. The number of hydrogen-bond acceptors (Lipinski definition) is 4. The van der Waals surface area contributed by atoms with Gasteiger partial charge in [0.1, 0.15) is 17.9 Å². The first-order valence-corrected chi connectivity index (χ1v) is 7.60. The topological polar surface area (TPSA) is 82.8 Å². The maximum absolute atomic E-state index is 9.62. The highest BCUT2D eigenvalue weighted by Crippen LogP contribution is 2.46. The third-order valence-corrected chi connectivity index (χ3v) is 4.51.